The Morgan fingerprint density at radius 2 is 1.78 bits per heavy atom. The van der Waals surface area contributed by atoms with Gasteiger partial charge in [-0.25, -0.2) is 4.79 Å². The summed E-state index contributed by atoms with van der Waals surface area (Å²) in [5.74, 6) is -1.49. The molecule has 0 saturated heterocycles. The maximum Gasteiger partial charge on any atom is 0.326 e. The first-order chi connectivity index (χ1) is 8.61. The highest BCUT2D eigenvalue weighted by Crippen LogP contribution is 1.91. The van der Waals surface area contributed by atoms with E-state index >= 15 is 0 Å². The summed E-state index contributed by atoms with van der Waals surface area (Å²) in [5.41, 5.74) is 0. The van der Waals surface area contributed by atoms with Gasteiger partial charge in [0.25, 0.3) is 0 Å². The Morgan fingerprint density at radius 1 is 1.17 bits per heavy atom. The SMILES string of the molecule is CCC(NC(=O)COCCOCCOC)C(=O)O. The summed E-state index contributed by atoms with van der Waals surface area (Å²) in [5, 5.41) is 11.1. The Bertz CT molecular complexity index is 246. The highest BCUT2D eigenvalue weighted by molar-refractivity contribution is 5.84. The Hall–Kier alpha value is -1.18. The van der Waals surface area contributed by atoms with Gasteiger partial charge in [0.15, 0.2) is 0 Å². The summed E-state index contributed by atoms with van der Waals surface area (Å²) < 4.78 is 14.9. The van der Waals surface area contributed by atoms with Gasteiger partial charge in [0.1, 0.15) is 12.6 Å². The van der Waals surface area contributed by atoms with Crippen LogP contribution in [-0.2, 0) is 23.8 Å². The van der Waals surface area contributed by atoms with Crippen molar-refractivity contribution in [2.24, 2.45) is 0 Å². The molecule has 1 amide bonds. The molecule has 18 heavy (non-hydrogen) atoms. The lowest BCUT2D eigenvalue weighted by atomic mass is 10.2. The van der Waals surface area contributed by atoms with Crippen molar-refractivity contribution >= 4 is 11.9 Å². The third-order valence-electron chi connectivity index (χ3n) is 2.08. The zero-order chi connectivity index (χ0) is 13.8. The molecule has 7 nitrogen and oxygen atoms in total. The van der Waals surface area contributed by atoms with Crippen LogP contribution in [0.4, 0.5) is 0 Å². The minimum Gasteiger partial charge on any atom is -0.480 e. The topological polar surface area (TPSA) is 94.1 Å². The Labute approximate surface area is 106 Å². The second-order valence-electron chi connectivity index (χ2n) is 3.52. The van der Waals surface area contributed by atoms with E-state index in [2.05, 4.69) is 5.32 Å². The van der Waals surface area contributed by atoms with Crippen LogP contribution in [0.5, 0.6) is 0 Å². The van der Waals surface area contributed by atoms with Gasteiger partial charge in [-0.3, -0.25) is 4.79 Å². The lowest BCUT2D eigenvalue weighted by Gasteiger charge is -2.12. The smallest absolute Gasteiger partial charge is 0.326 e. The summed E-state index contributed by atoms with van der Waals surface area (Å²) in [6, 6.07) is -0.862. The summed E-state index contributed by atoms with van der Waals surface area (Å²) >= 11 is 0. The molecule has 0 spiro atoms. The fourth-order valence-corrected chi connectivity index (χ4v) is 1.10. The molecule has 106 valence electrons. The van der Waals surface area contributed by atoms with E-state index in [1.807, 2.05) is 0 Å². The van der Waals surface area contributed by atoms with E-state index in [0.29, 0.717) is 26.2 Å². The normalized spacial score (nSPS) is 12.1. The number of carboxylic acids is 1. The van der Waals surface area contributed by atoms with Crippen LogP contribution in [0, 0.1) is 0 Å². The van der Waals surface area contributed by atoms with Gasteiger partial charge in [0.2, 0.25) is 5.91 Å². The van der Waals surface area contributed by atoms with Crippen LogP contribution in [0.2, 0.25) is 0 Å². The number of ether oxygens (including phenoxy) is 3. The van der Waals surface area contributed by atoms with Crippen molar-refractivity contribution in [1.29, 1.82) is 0 Å². The molecule has 1 unspecified atom stereocenters. The highest BCUT2D eigenvalue weighted by Gasteiger charge is 2.17. The number of methoxy groups -OCH3 is 1. The number of nitrogens with one attached hydrogen (secondary N) is 1. The maximum absolute atomic E-state index is 11.3. The highest BCUT2D eigenvalue weighted by atomic mass is 16.5. The number of carbonyl (C=O) groups is 2. The number of carboxylic acid groups (broad SMARTS) is 1. The number of hydrogen-bond donors (Lipinski definition) is 2. The lowest BCUT2D eigenvalue weighted by Crippen LogP contribution is -2.42. The molecule has 0 bridgehead atoms. The van der Waals surface area contributed by atoms with E-state index in [9.17, 15) is 9.59 Å². The third kappa shape index (κ3) is 8.91. The molecule has 0 fully saturated rings. The van der Waals surface area contributed by atoms with Gasteiger partial charge in [0.05, 0.1) is 26.4 Å². The van der Waals surface area contributed by atoms with Crippen molar-refractivity contribution in [3.05, 3.63) is 0 Å². The van der Waals surface area contributed by atoms with Crippen molar-refractivity contribution in [3.63, 3.8) is 0 Å². The molecule has 0 aliphatic carbocycles. The maximum atomic E-state index is 11.3. The third-order valence-corrected chi connectivity index (χ3v) is 2.08. The van der Waals surface area contributed by atoms with Gasteiger partial charge in [0, 0.05) is 7.11 Å². The fourth-order valence-electron chi connectivity index (χ4n) is 1.10. The summed E-state index contributed by atoms with van der Waals surface area (Å²) in [6.45, 7) is 3.15. The van der Waals surface area contributed by atoms with Crippen LogP contribution in [-0.4, -0.2) is 63.2 Å². The first-order valence-electron chi connectivity index (χ1n) is 5.78. The lowest BCUT2D eigenvalue weighted by molar-refractivity contribution is -0.142. The molecule has 0 aliphatic heterocycles. The minimum absolute atomic E-state index is 0.169. The predicted octanol–water partition coefficient (Wildman–Crippen LogP) is -0.355. The van der Waals surface area contributed by atoms with Crippen molar-refractivity contribution in [2.75, 3.05) is 40.1 Å². The number of hydrogen-bond acceptors (Lipinski definition) is 5. The zero-order valence-electron chi connectivity index (χ0n) is 10.8. The van der Waals surface area contributed by atoms with Crippen molar-refractivity contribution in [2.45, 2.75) is 19.4 Å². The largest absolute Gasteiger partial charge is 0.480 e. The average Bonchev–Trinajstić information content (AvgIpc) is 2.34. The summed E-state index contributed by atoms with van der Waals surface area (Å²) in [4.78, 5) is 21.9. The molecular formula is C11H21NO6. The average molecular weight is 263 g/mol. The van der Waals surface area contributed by atoms with Gasteiger partial charge < -0.3 is 24.6 Å². The summed E-state index contributed by atoms with van der Waals surface area (Å²) in [6.07, 6.45) is 0.335. The van der Waals surface area contributed by atoms with E-state index < -0.39 is 17.9 Å². The van der Waals surface area contributed by atoms with Gasteiger partial charge in [-0.05, 0) is 6.42 Å². The van der Waals surface area contributed by atoms with Crippen molar-refractivity contribution in [1.82, 2.24) is 5.32 Å². The first-order valence-corrected chi connectivity index (χ1v) is 5.78. The molecule has 2 N–H and O–H groups in total. The van der Waals surface area contributed by atoms with Gasteiger partial charge in [-0.2, -0.15) is 0 Å². The van der Waals surface area contributed by atoms with Gasteiger partial charge >= 0.3 is 5.97 Å². The number of aliphatic carboxylic acids is 1. The minimum atomic E-state index is -1.05. The Balaban J connectivity index is 3.50. The van der Waals surface area contributed by atoms with Crippen molar-refractivity contribution < 1.29 is 28.9 Å². The second kappa shape index (κ2) is 10.9. The van der Waals surface area contributed by atoms with Crippen molar-refractivity contribution in [3.8, 4) is 0 Å². The van der Waals surface area contributed by atoms with E-state index in [-0.39, 0.29) is 13.2 Å². The van der Waals surface area contributed by atoms with Crippen LogP contribution >= 0.6 is 0 Å². The van der Waals surface area contributed by atoms with E-state index in [0.717, 1.165) is 0 Å². The standard InChI is InChI=1S/C11H21NO6/c1-3-9(11(14)15)12-10(13)8-18-7-6-17-5-4-16-2/h9H,3-8H2,1-2H3,(H,12,13)(H,14,15). The predicted molar refractivity (Wildman–Crippen MR) is 63.4 cm³/mol. The van der Waals surface area contributed by atoms with Gasteiger partial charge in [-0.1, -0.05) is 6.92 Å². The fraction of sp³-hybridized carbons (Fsp3) is 0.818. The van der Waals surface area contributed by atoms with Crippen LogP contribution < -0.4 is 5.32 Å². The van der Waals surface area contributed by atoms with Crippen LogP contribution in [0.25, 0.3) is 0 Å². The molecular weight excluding hydrogens is 242 g/mol. The molecule has 0 aromatic rings. The second-order valence-corrected chi connectivity index (χ2v) is 3.52. The Kier molecular flexibility index (Phi) is 10.2. The molecule has 0 aromatic heterocycles. The van der Waals surface area contributed by atoms with E-state index in [1.165, 1.54) is 0 Å². The van der Waals surface area contributed by atoms with Crippen LogP contribution in [0.3, 0.4) is 0 Å². The van der Waals surface area contributed by atoms with Crippen LogP contribution in [0.15, 0.2) is 0 Å². The molecule has 0 aliphatic rings. The quantitative estimate of drug-likeness (QED) is 0.495. The molecule has 0 saturated carbocycles. The molecule has 0 rings (SSSR count). The number of amides is 1. The molecule has 0 heterocycles. The van der Waals surface area contributed by atoms with Crippen LogP contribution in [0.1, 0.15) is 13.3 Å². The number of rotatable bonds is 11. The Morgan fingerprint density at radius 3 is 2.33 bits per heavy atom. The number of carbonyl (C=O) groups excluding carboxylic acids is 1. The first kappa shape index (κ1) is 16.8. The van der Waals surface area contributed by atoms with E-state index in [1.54, 1.807) is 14.0 Å². The molecule has 0 radical (unpaired) electrons. The van der Waals surface area contributed by atoms with Gasteiger partial charge in [-0.15, -0.1) is 0 Å². The molecule has 7 heteroatoms. The summed E-state index contributed by atoms with van der Waals surface area (Å²) in [7, 11) is 1.58. The zero-order valence-corrected chi connectivity index (χ0v) is 10.8. The van der Waals surface area contributed by atoms with E-state index in [4.69, 9.17) is 19.3 Å². The molecule has 1 atom stereocenters. The molecule has 0 aromatic carbocycles. The monoisotopic (exact) mass is 263 g/mol.